The van der Waals surface area contributed by atoms with Crippen molar-refractivity contribution in [3.8, 4) is 0 Å². The highest BCUT2D eigenvalue weighted by Gasteiger charge is 2.26. The Labute approximate surface area is 152 Å². The maximum absolute atomic E-state index is 12.7. The lowest BCUT2D eigenvalue weighted by Crippen LogP contribution is -2.37. The highest BCUT2D eigenvalue weighted by Crippen LogP contribution is 2.25. The molecule has 3 rings (SSSR count). The van der Waals surface area contributed by atoms with E-state index in [1.165, 1.54) is 18.9 Å². The van der Waals surface area contributed by atoms with E-state index in [0.717, 1.165) is 18.8 Å². The lowest BCUT2D eigenvalue weighted by atomic mass is 10.1. The number of nitrogens with one attached hydrogen (secondary N) is 1. The van der Waals surface area contributed by atoms with Crippen molar-refractivity contribution in [3.63, 3.8) is 0 Å². The van der Waals surface area contributed by atoms with E-state index in [9.17, 15) is 14.9 Å². The van der Waals surface area contributed by atoms with Crippen LogP contribution in [0.1, 0.15) is 40.5 Å². The summed E-state index contributed by atoms with van der Waals surface area (Å²) in [5, 5.41) is 14.1. The van der Waals surface area contributed by atoms with E-state index in [4.69, 9.17) is 0 Å². The summed E-state index contributed by atoms with van der Waals surface area (Å²) in [6.45, 7) is 4.12. The standard InChI is InChI=1S/C19H24N4O3/c1-14-15(7-5-8-16(14)23(25)26)19(24)20-13-18(22-11-3-4-12-22)17-9-6-10-21(17)2/h5-10,18H,3-4,11-13H2,1-2H3,(H,20,24). The van der Waals surface area contributed by atoms with Crippen molar-refractivity contribution in [2.24, 2.45) is 7.05 Å². The first-order valence-corrected chi connectivity index (χ1v) is 8.86. The van der Waals surface area contributed by atoms with Crippen molar-refractivity contribution in [1.29, 1.82) is 0 Å². The van der Waals surface area contributed by atoms with Crippen molar-refractivity contribution in [1.82, 2.24) is 14.8 Å². The van der Waals surface area contributed by atoms with Crippen LogP contribution in [0, 0.1) is 17.0 Å². The molecule has 1 unspecified atom stereocenters. The van der Waals surface area contributed by atoms with Crippen LogP contribution in [0.15, 0.2) is 36.5 Å². The minimum atomic E-state index is -0.455. The van der Waals surface area contributed by atoms with Gasteiger partial charge in [-0.05, 0) is 51.1 Å². The molecule has 0 bridgehead atoms. The van der Waals surface area contributed by atoms with Gasteiger partial charge in [-0.1, -0.05) is 6.07 Å². The Morgan fingerprint density at radius 3 is 2.62 bits per heavy atom. The number of hydrogen-bond acceptors (Lipinski definition) is 4. The van der Waals surface area contributed by atoms with E-state index < -0.39 is 4.92 Å². The minimum Gasteiger partial charge on any atom is -0.353 e. The van der Waals surface area contributed by atoms with Crippen LogP contribution >= 0.6 is 0 Å². The summed E-state index contributed by atoms with van der Waals surface area (Å²) in [4.78, 5) is 25.7. The Morgan fingerprint density at radius 1 is 1.27 bits per heavy atom. The summed E-state index contributed by atoms with van der Waals surface area (Å²) in [6.07, 6.45) is 4.34. The molecule has 1 aromatic carbocycles. The first-order chi connectivity index (χ1) is 12.5. The Kier molecular flexibility index (Phi) is 5.37. The lowest BCUT2D eigenvalue weighted by Gasteiger charge is -2.28. The predicted molar refractivity (Wildman–Crippen MR) is 99.1 cm³/mol. The van der Waals surface area contributed by atoms with E-state index in [-0.39, 0.29) is 17.6 Å². The number of nitrogens with zero attached hydrogens (tertiary/aromatic N) is 3. The minimum absolute atomic E-state index is 0.0313. The third-order valence-corrected chi connectivity index (χ3v) is 5.11. The van der Waals surface area contributed by atoms with Crippen LogP contribution in [0.25, 0.3) is 0 Å². The number of carbonyl (C=O) groups is 1. The van der Waals surface area contributed by atoms with Gasteiger partial charge in [-0.25, -0.2) is 0 Å². The van der Waals surface area contributed by atoms with Crippen molar-refractivity contribution in [2.75, 3.05) is 19.6 Å². The Bertz CT molecular complexity index is 809. The van der Waals surface area contributed by atoms with E-state index in [2.05, 4.69) is 20.9 Å². The van der Waals surface area contributed by atoms with Gasteiger partial charge in [-0.2, -0.15) is 0 Å². The molecular weight excluding hydrogens is 332 g/mol. The molecule has 2 heterocycles. The number of nitro groups is 1. The second-order valence-electron chi connectivity index (χ2n) is 6.72. The summed E-state index contributed by atoms with van der Waals surface area (Å²) >= 11 is 0. The smallest absolute Gasteiger partial charge is 0.273 e. The second-order valence-corrected chi connectivity index (χ2v) is 6.72. The maximum atomic E-state index is 12.7. The molecule has 1 atom stereocenters. The van der Waals surface area contributed by atoms with E-state index in [0.29, 0.717) is 17.7 Å². The number of aromatic nitrogens is 1. The van der Waals surface area contributed by atoms with Gasteiger partial charge < -0.3 is 9.88 Å². The predicted octanol–water partition coefficient (Wildman–Crippen LogP) is 2.81. The molecule has 138 valence electrons. The Hall–Kier alpha value is -2.67. The van der Waals surface area contributed by atoms with Crippen LogP contribution in [0.5, 0.6) is 0 Å². The fourth-order valence-electron chi connectivity index (χ4n) is 3.65. The van der Waals surface area contributed by atoms with Crippen molar-refractivity contribution < 1.29 is 9.72 Å². The van der Waals surface area contributed by atoms with Gasteiger partial charge in [0.15, 0.2) is 0 Å². The van der Waals surface area contributed by atoms with Crippen LogP contribution in [0.4, 0.5) is 5.69 Å². The zero-order valence-electron chi connectivity index (χ0n) is 15.1. The maximum Gasteiger partial charge on any atom is 0.273 e. The molecule has 0 saturated carbocycles. The number of amides is 1. The molecule has 0 aliphatic carbocycles. The van der Waals surface area contributed by atoms with Gasteiger partial charge in [-0.3, -0.25) is 19.8 Å². The van der Waals surface area contributed by atoms with Gasteiger partial charge in [0.2, 0.25) is 0 Å². The van der Waals surface area contributed by atoms with Gasteiger partial charge in [0, 0.05) is 42.7 Å². The quantitative estimate of drug-likeness (QED) is 0.637. The average Bonchev–Trinajstić information content (AvgIpc) is 3.27. The molecule has 0 radical (unpaired) electrons. The molecule has 2 aromatic rings. The summed E-state index contributed by atoms with van der Waals surface area (Å²) in [5.74, 6) is -0.274. The summed E-state index contributed by atoms with van der Waals surface area (Å²) in [6, 6.07) is 8.78. The zero-order valence-corrected chi connectivity index (χ0v) is 15.1. The molecule has 1 aromatic heterocycles. The SMILES string of the molecule is Cc1c(C(=O)NCC(c2cccn2C)N2CCCC2)cccc1[N+](=O)[O-]. The molecule has 1 saturated heterocycles. The fourth-order valence-corrected chi connectivity index (χ4v) is 3.65. The van der Waals surface area contributed by atoms with E-state index in [1.807, 2.05) is 19.3 Å². The van der Waals surface area contributed by atoms with Gasteiger partial charge >= 0.3 is 0 Å². The molecule has 1 fully saturated rings. The number of benzene rings is 1. The summed E-state index contributed by atoms with van der Waals surface area (Å²) in [7, 11) is 2.00. The first kappa shape index (κ1) is 18.1. The monoisotopic (exact) mass is 356 g/mol. The third-order valence-electron chi connectivity index (χ3n) is 5.11. The highest BCUT2D eigenvalue weighted by molar-refractivity contribution is 5.96. The molecule has 1 aliphatic heterocycles. The molecule has 1 N–H and O–H groups in total. The highest BCUT2D eigenvalue weighted by atomic mass is 16.6. The molecule has 26 heavy (non-hydrogen) atoms. The number of likely N-dealkylation sites (tertiary alicyclic amines) is 1. The normalized spacial score (nSPS) is 15.8. The Morgan fingerprint density at radius 2 is 2.00 bits per heavy atom. The molecule has 1 aliphatic rings. The number of rotatable bonds is 6. The number of aryl methyl sites for hydroxylation is 1. The molecule has 1 amide bonds. The fraction of sp³-hybridized carbons (Fsp3) is 0.421. The molecule has 7 heteroatoms. The van der Waals surface area contributed by atoms with Gasteiger partial charge in [0.25, 0.3) is 11.6 Å². The lowest BCUT2D eigenvalue weighted by molar-refractivity contribution is -0.385. The average molecular weight is 356 g/mol. The molecule has 0 spiro atoms. The summed E-state index contributed by atoms with van der Waals surface area (Å²) in [5.41, 5.74) is 1.87. The molecular formula is C19H24N4O3. The van der Waals surface area contributed by atoms with Crippen LogP contribution in [-0.2, 0) is 7.05 Å². The van der Waals surface area contributed by atoms with Gasteiger partial charge in [-0.15, -0.1) is 0 Å². The molecule has 7 nitrogen and oxygen atoms in total. The first-order valence-electron chi connectivity index (χ1n) is 8.86. The zero-order chi connectivity index (χ0) is 18.7. The van der Waals surface area contributed by atoms with Crippen LogP contribution in [-0.4, -0.2) is 39.9 Å². The van der Waals surface area contributed by atoms with Crippen LogP contribution < -0.4 is 5.32 Å². The number of nitro benzene ring substituents is 1. The second kappa shape index (κ2) is 7.70. The topological polar surface area (TPSA) is 80.4 Å². The van der Waals surface area contributed by atoms with Crippen LogP contribution in [0.2, 0.25) is 0 Å². The largest absolute Gasteiger partial charge is 0.353 e. The van der Waals surface area contributed by atoms with Gasteiger partial charge in [0.1, 0.15) is 0 Å². The van der Waals surface area contributed by atoms with Crippen LogP contribution in [0.3, 0.4) is 0 Å². The van der Waals surface area contributed by atoms with Gasteiger partial charge in [0.05, 0.1) is 11.0 Å². The Balaban J connectivity index is 1.77. The van der Waals surface area contributed by atoms with E-state index >= 15 is 0 Å². The number of hydrogen-bond donors (Lipinski definition) is 1. The van der Waals surface area contributed by atoms with E-state index in [1.54, 1.807) is 19.1 Å². The van der Waals surface area contributed by atoms with Crippen molar-refractivity contribution in [2.45, 2.75) is 25.8 Å². The van der Waals surface area contributed by atoms with Crippen molar-refractivity contribution in [3.05, 3.63) is 63.5 Å². The number of carbonyl (C=O) groups excluding carboxylic acids is 1. The third kappa shape index (κ3) is 3.62. The van der Waals surface area contributed by atoms with Crippen molar-refractivity contribution >= 4 is 11.6 Å². The summed E-state index contributed by atoms with van der Waals surface area (Å²) < 4.78 is 2.08.